The smallest absolute Gasteiger partial charge is 0.230 e. The number of H-pyrrole nitrogens is 1. The minimum absolute atomic E-state index is 0.0482. The van der Waals surface area contributed by atoms with Gasteiger partial charge in [-0.3, -0.25) is 9.89 Å². The van der Waals surface area contributed by atoms with Crippen LogP contribution in [0.2, 0.25) is 0 Å². The number of aryl methyl sites for hydroxylation is 2. The topological polar surface area (TPSA) is 83.8 Å². The number of nitrogens with zero attached hydrogens (tertiary/aromatic N) is 2. The number of amides is 1. The maximum Gasteiger partial charge on any atom is 0.230 e. The molecule has 0 aliphatic carbocycles. The van der Waals surface area contributed by atoms with E-state index < -0.39 is 0 Å². The highest BCUT2D eigenvalue weighted by Gasteiger charge is 2.20. The summed E-state index contributed by atoms with van der Waals surface area (Å²) < 4.78 is 6.54. The second-order valence-electron chi connectivity index (χ2n) is 4.43. The quantitative estimate of drug-likeness (QED) is 0.618. The second kappa shape index (κ2) is 7.19. The van der Waals surface area contributed by atoms with Crippen molar-refractivity contribution in [2.75, 3.05) is 5.75 Å². The lowest BCUT2D eigenvalue weighted by molar-refractivity contribution is -0.119. The Labute approximate surface area is 135 Å². The van der Waals surface area contributed by atoms with Gasteiger partial charge in [-0.25, -0.2) is 0 Å². The third kappa shape index (κ3) is 4.14. The summed E-state index contributed by atoms with van der Waals surface area (Å²) in [4.78, 5) is 12.1. The minimum atomic E-state index is -0.0817. The predicted molar refractivity (Wildman–Crippen MR) is 85.2 cm³/mol. The molecule has 2 rings (SSSR count). The van der Waals surface area contributed by atoms with Gasteiger partial charge in [-0.1, -0.05) is 35.2 Å². The summed E-state index contributed by atoms with van der Waals surface area (Å²) in [6, 6.07) is -0.0817. The van der Waals surface area contributed by atoms with Gasteiger partial charge in [0, 0.05) is 5.56 Å². The Bertz CT molecular complexity index is 657. The van der Waals surface area contributed by atoms with Crippen molar-refractivity contribution in [3.63, 3.8) is 0 Å². The lowest BCUT2D eigenvalue weighted by atomic mass is 10.0. The third-order valence-electron chi connectivity index (χ3n) is 2.93. The van der Waals surface area contributed by atoms with Crippen LogP contribution in [0.5, 0.6) is 0 Å². The van der Waals surface area contributed by atoms with Gasteiger partial charge in [-0.2, -0.15) is 5.10 Å². The number of thioether (sulfide) groups is 1. The Morgan fingerprint density at radius 2 is 2.33 bits per heavy atom. The Balaban J connectivity index is 1.95. The molecule has 2 heterocycles. The zero-order valence-corrected chi connectivity index (χ0v) is 14.4. The summed E-state index contributed by atoms with van der Waals surface area (Å²) in [6.07, 6.45) is 0.778. The summed E-state index contributed by atoms with van der Waals surface area (Å²) in [5.74, 6) is 1.00. The van der Waals surface area contributed by atoms with E-state index in [4.69, 9.17) is 16.7 Å². The Morgan fingerprint density at radius 1 is 1.57 bits per heavy atom. The van der Waals surface area contributed by atoms with Gasteiger partial charge < -0.3 is 9.84 Å². The fraction of sp³-hybridized carbons (Fsp3) is 0.500. The van der Waals surface area contributed by atoms with Crippen LogP contribution < -0.4 is 5.32 Å². The maximum absolute atomic E-state index is 12.1. The lowest BCUT2D eigenvalue weighted by Gasteiger charge is -2.16. The van der Waals surface area contributed by atoms with E-state index in [1.54, 1.807) is 0 Å². The second-order valence-corrected chi connectivity index (χ2v) is 7.32. The molecular formula is C12H16N4O2S3. The van der Waals surface area contributed by atoms with Crippen LogP contribution in [0.25, 0.3) is 0 Å². The lowest BCUT2D eigenvalue weighted by Crippen LogP contribution is -2.30. The van der Waals surface area contributed by atoms with Crippen LogP contribution >= 0.6 is 35.3 Å². The Hall–Kier alpha value is -1.19. The SMILES string of the molecule is CCC(NC(=O)CSc1n[nH]c(=S)s1)c1c(C)noc1C. The minimum Gasteiger partial charge on any atom is -0.361 e. The number of nitrogens with one attached hydrogen (secondary N) is 2. The van der Waals surface area contributed by atoms with Gasteiger partial charge in [0.2, 0.25) is 5.91 Å². The van der Waals surface area contributed by atoms with Crippen molar-refractivity contribution in [3.05, 3.63) is 21.0 Å². The van der Waals surface area contributed by atoms with Crippen LogP contribution in [0, 0.1) is 17.8 Å². The van der Waals surface area contributed by atoms with Gasteiger partial charge in [0.25, 0.3) is 0 Å². The standard InChI is InChI=1S/C12H16N4O2S3/c1-4-8(10-6(2)16-18-7(10)3)13-9(17)5-20-12-15-14-11(19)21-12/h8H,4-5H2,1-3H3,(H,13,17)(H,14,19). The monoisotopic (exact) mass is 344 g/mol. The summed E-state index contributed by atoms with van der Waals surface area (Å²) in [6.45, 7) is 5.75. The Kier molecular flexibility index (Phi) is 5.54. The zero-order chi connectivity index (χ0) is 15.4. The number of hydrogen-bond acceptors (Lipinski definition) is 7. The number of aromatic nitrogens is 3. The first-order chi connectivity index (χ1) is 10.0. The molecule has 0 saturated heterocycles. The van der Waals surface area contributed by atoms with Crippen LogP contribution in [-0.4, -0.2) is 27.0 Å². The van der Waals surface area contributed by atoms with E-state index >= 15 is 0 Å². The molecule has 1 atom stereocenters. The molecule has 2 aromatic heterocycles. The Morgan fingerprint density at radius 3 is 2.86 bits per heavy atom. The maximum atomic E-state index is 12.1. The molecule has 0 spiro atoms. The molecule has 0 radical (unpaired) electrons. The molecule has 1 amide bonds. The van der Waals surface area contributed by atoms with Crippen molar-refractivity contribution in [1.29, 1.82) is 0 Å². The average Bonchev–Trinajstić information content (AvgIpc) is 3.01. The van der Waals surface area contributed by atoms with Crippen molar-refractivity contribution >= 4 is 41.2 Å². The molecule has 6 nitrogen and oxygen atoms in total. The molecule has 114 valence electrons. The first kappa shape index (κ1) is 16.2. The molecule has 0 aliphatic heterocycles. The van der Waals surface area contributed by atoms with E-state index in [0.717, 1.165) is 27.8 Å². The van der Waals surface area contributed by atoms with Crippen LogP contribution in [0.15, 0.2) is 8.86 Å². The van der Waals surface area contributed by atoms with Gasteiger partial charge in [-0.15, -0.1) is 0 Å². The van der Waals surface area contributed by atoms with Crippen LogP contribution in [-0.2, 0) is 4.79 Å². The zero-order valence-electron chi connectivity index (χ0n) is 11.9. The van der Waals surface area contributed by atoms with E-state index in [-0.39, 0.29) is 11.9 Å². The van der Waals surface area contributed by atoms with Crippen LogP contribution in [0.3, 0.4) is 0 Å². The van der Waals surface area contributed by atoms with Crippen molar-refractivity contribution in [1.82, 2.24) is 20.7 Å². The molecule has 2 aromatic rings. The molecule has 21 heavy (non-hydrogen) atoms. The first-order valence-corrected chi connectivity index (χ1v) is 8.62. The molecule has 0 saturated carbocycles. The third-order valence-corrected chi connectivity index (χ3v) is 5.16. The normalized spacial score (nSPS) is 12.3. The van der Waals surface area contributed by atoms with E-state index in [1.807, 2.05) is 20.8 Å². The van der Waals surface area contributed by atoms with Crippen molar-refractivity contribution in [2.24, 2.45) is 0 Å². The molecule has 1 unspecified atom stereocenters. The highest BCUT2D eigenvalue weighted by Crippen LogP contribution is 2.25. The highest BCUT2D eigenvalue weighted by atomic mass is 32.2. The van der Waals surface area contributed by atoms with Gasteiger partial charge in [0.05, 0.1) is 17.5 Å². The van der Waals surface area contributed by atoms with Gasteiger partial charge in [0.15, 0.2) is 8.29 Å². The molecule has 0 bridgehead atoms. The number of hydrogen-bond donors (Lipinski definition) is 2. The van der Waals surface area contributed by atoms with Crippen LogP contribution in [0.4, 0.5) is 0 Å². The van der Waals surface area contributed by atoms with E-state index in [0.29, 0.717) is 9.71 Å². The number of rotatable bonds is 6. The van der Waals surface area contributed by atoms with Crippen molar-refractivity contribution in [3.8, 4) is 0 Å². The molecule has 0 fully saturated rings. The first-order valence-electron chi connectivity index (χ1n) is 6.41. The molecule has 0 aromatic carbocycles. The van der Waals surface area contributed by atoms with E-state index in [2.05, 4.69) is 20.7 Å². The molecule has 9 heteroatoms. The number of aromatic amines is 1. The largest absolute Gasteiger partial charge is 0.361 e. The predicted octanol–water partition coefficient (Wildman–Crippen LogP) is 3.17. The van der Waals surface area contributed by atoms with Gasteiger partial charge in [0.1, 0.15) is 5.76 Å². The highest BCUT2D eigenvalue weighted by molar-refractivity contribution is 8.01. The van der Waals surface area contributed by atoms with Crippen molar-refractivity contribution in [2.45, 2.75) is 37.6 Å². The molecule has 2 N–H and O–H groups in total. The van der Waals surface area contributed by atoms with Crippen LogP contribution in [0.1, 0.15) is 36.4 Å². The van der Waals surface area contributed by atoms with Gasteiger partial charge >= 0.3 is 0 Å². The molecular weight excluding hydrogens is 328 g/mol. The molecule has 0 aliphatic rings. The number of carbonyl (C=O) groups excluding carboxylic acids is 1. The fourth-order valence-corrected chi connectivity index (χ4v) is 3.90. The number of carbonyl (C=O) groups is 1. The van der Waals surface area contributed by atoms with Gasteiger partial charge in [-0.05, 0) is 32.5 Å². The fourth-order valence-electron chi connectivity index (χ4n) is 2.01. The van der Waals surface area contributed by atoms with Crippen molar-refractivity contribution < 1.29 is 9.32 Å². The van der Waals surface area contributed by atoms with E-state index in [9.17, 15) is 4.79 Å². The average molecular weight is 344 g/mol. The summed E-state index contributed by atoms with van der Waals surface area (Å²) in [5, 5.41) is 13.6. The summed E-state index contributed by atoms with van der Waals surface area (Å²) in [7, 11) is 0. The van der Waals surface area contributed by atoms with E-state index in [1.165, 1.54) is 23.1 Å². The summed E-state index contributed by atoms with van der Waals surface area (Å²) in [5.41, 5.74) is 1.78. The summed E-state index contributed by atoms with van der Waals surface area (Å²) >= 11 is 7.68.